The molecule has 20 heavy (non-hydrogen) atoms. The van der Waals surface area contributed by atoms with Crippen molar-refractivity contribution in [2.75, 3.05) is 19.4 Å². The molecule has 0 fully saturated rings. The summed E-state index contributed by atoms with van der Waals surface area (Å²) in [5.41, 5.74) is 1.01. The van der Waals surface area contributed by atoms with Crippen LogP contribution in [-0.4, -0.2) is 33.8 Å². The molecule has 7 heteroatoms. The molecule has 1 rings (SSSR count). The van der Waals surface area contributed by atoms with Gasteiger partial charge in [-0.25, -0.2) is 13.1 Å². The Kier molecular flexibility index (Phi) is 6.98. The molecule has 0 amide bonds. The summed E-state index contributed by atoms with van der Waals surface area (Å²) in [6.45, 7) is 0.322. The molecule has 0 aliphatic carbocycles. The van der Waals surface area contributed by atoms with E-state index in [9.17, 15) is 13.2 Å². The van der Waals surface area contributed by atoms with E-state index in [0.29, 0.717) is 18.0 Å². The summed E-state index contributed by atoms with van der Waals surface area (Å²) in [6, 6.07) is 7.24. The summed E-state index contributed by atoms with van der Waals surface area (Å²) in [6.07, 6.45) is 0.949. The summed E-state index contributed by atoms with van der Waals surface area (Å²) in [5.74, 6) is -0.482. The monoisotopic (exact) mass is 319 g/mol. The van der Waals surface area contributed by atoms with Gasteiger partial charge in [-0.15, -0.1) is 0 Å². The van der Waals surface area contributed by atoms with Crippen LogP contribution in [0.15, 0.2) is 24.3 Å². The van der Waals surface area contributed by atoms with Gasteiger partial charge in [0, 0.05) is 18.0 Å². The van der Waals surface area contributed by atoms with Crippen molar-refractivity contribution in [2.24, 2.45) is 0 Å². The third-order valence-electron chi connectivity index (χ3n) is 2.67. The summed E-state index contributed by atoms with van der Waals surface area (Å²) >= 11 is 5.76. The van der Waals surface area contributed by atoms with Crippen LogP contribution in [0.2, 0.25) is 5.02 Å². The fourth-order valence-corrected chi connectivity index (χ4v) is 2.79. The highest BCUT2D eigenvalue weighted by atomic mass is 35.5. The van der Waals surface area contributed by atoms with E-state index in [1.807, 2.05) is 12.1 Å². The number of nitrogens with one attached hydrogen (secondary N) is 1. The standard InChI is InChI=1S/C13H18ClNO4S/c1-19-13(16)3-2-10-20(17,18)15-9-8-11-4-6-12(14)7-5-11/h4-7,15H,2-3,8-10H2,1H3. The second-order valence-electron chi connectivity index (χ2n) is 4.27. The molecular weight excluding hydrogens is 302 g/mol. The number of hydrogen-bond donors (Lipinski definition) is 1. The molecule has 112 valence electrons. The predicted molar refractivity (Wildman–Crippen MR) is 78.2 cm³/mol. The number of carbonyl (C=O) groups is 1. The van der Waals surface area contributed by atoms with Crippen LogP contribution in [0, 0.1) is 0 Å². The molecule has 1 aromatic rings. The van der Waals surface area contributed by atoms with Gasteiger partial charge in [0.05, 0.1) is 12.9 Å². The lowest BCUT2D eigenvalue weighted by atomic mass is 10.2. The molecule has 0 heterocycles. The molecule has 0 bridgehead atoms. The number of carbonyl (C=O) groups excluding carboxylic acids is 1. The lowest BCUT2D eigenvalue weighted by molar-refractivity contribution is -0.140. The first-order valence-corrected chi connectivity index (χ1v) is 8.24. The maximum atomic E-state index is 11.7. The maximum Gasteiger partial charge on any atom is 0.305 e. The number of esters is 1. The van der Waals surface area contributed by atoms with E-state index in [1.54, 1.807) is 12.1 Å². The van der Waals surface area contributed by atoms with E-state index in [-0.39, 0.29) is 18.6 Å². The number of halogens is 1. The van der Waals surface area contributed by atoms with Gasteiger partial charge in [0.2, 0.25) is 10.0 Å². The number of hydrogen-bond acceptors (Lipinski definition) is 4. The van der Waals surface area contributed by atoms with Crippen LogP contribution in [0.25, 0.3) is 0 Å². The SMILES string of the molecule is COC(=O)CCCS(=O)(=O)NCCc1ccc(Cl)cc1. The molecule has 0 atom stereocenters. The Morgan fingerprint density at radius 3 is 2.55 bits per heavy atom. The molecule has 0 spiro atoms. The molecule has 1 aromatic carbocycles. The predicted octanol–water partition coefficient (Wildman–Crippen LogP) is 1.76. The third kappa shape index (κ3) is 6.88. The zero-order valence-electron chi connectivity index (χ0n) is 11.3. The minimum Gasteiger partial charge on any atom is -0.469 e. The lowest BCUT2D eigenvalue weighted by Crippen LogP contribution is -2.28. The van der Waals surface area contributed by atoms with Gasteiger partial charge in [0.1, 0.15) is 0 Å². The van der Waals surface area contributed by atoms with E-state index in [1.165, 1.54) is 7.11 Å². The van der Waals surface area contributed by atoms with Crippen LogP contribution in [-0.2, 0) is 26.0 Å². The van der Waals surface area contributed by atoms with Crippen LogP contribution < -0.4 is 4.72 Å². The van der Waals surface area contributed by atoms with Gasteiger partial charge in [0.15, 0.2) is 0 Å². The van der Waals surface area contributed by atoms with Crippen molar-refractivity contribution in [1.29, 1.82) is 0 Å². The highest BCUT2D eigenvalue weighted by Crippen LogP contribution is 2.09. The highest BCUT2D eigenvalue weighted by Gasteiger charge is 2.11. The minimum absolute atomic E-state index is 0.0806. The average molecular weight is 320 g/mol. The summed E-state index contributed by atoms with van der Waals surface area (Å²) in [4.78, 5) is 10.9. The molecule has 1 N–H and O–H groups in total. The molecule has 0 aliphatic rings. The number of sulfonamides is 1. The van der Waals surface area contributed by atoms with Gasteiger partial charge in [-0.2, -0.15) is 0 Å². The molecule has 0 saturated heterocycles. The van der Waals surface area contributed by atoms with Gasteiger partial charge in [-0.05, 0) is 30.5 Å². The van der Waals surface area contributed by atoms with Gasteiger partial charge >= 0.3 is 5.97 Å². The van der Waals surface area contributed by atoms with Crippen molar-refractivity contribution in [3.63, 3.8) is 0 Å². The van der Waals surface area contributed by atoms with Crippen LogP contribution >= 0.6 is 11.6 Å². The Morgan fingerprint density at radius 2 is 1.95 bits per heavy atom. The number of ether oxygens (including phenoxy) is 1. The first kappa shape index (κ1) is 16.9. The van der Waals surface area contributed by atoms with Crippen LogP contribution in [0.4, 0.5) is 0 Å². The summed E-state index contributed by atoms with van der Waals surface area (Å²) in [7, 11) is -2.07. The fraction of sp³-hybridized carbons (Fsp3) is 0.462. The number of rotatable bonds is 8. The fourth-order valence-electron chi connectivity index (χ4n) is 1.58. The normalized spacial score (nSPS) is 11.3. The van der Waals surface area contributed by atoms with Gasteiger partial charge in [-0.3, -0.25) is 4.79 Å². The van der Waals surface area contributed by atoms with Crippen molar-refractivity contribution >= 4 is 27.6 Å². The number of methoxy groups -OCH3 is 1. The van der Waals surface area contributed by atoms with Crippen molar-refractivity contribution in [3.8, 4) is 0 Å². The van der Waals surface area contributed by atoms with Crippen LogP contribution in [0.1, 0.15) is 18.4 Å². The van der Waals surface area contributed by atoms with Gasteiger partial charge in [-0.1, -0.05) is 23.7 Å². The molecule has 5 nitrogen and oxygen atoms in total. The average Bonchev–Trinajstić information content (AvgIpc) is 2.40. The van der Waals surface area contributed by atoms with E-state index in [4.69, 9.17) is 11.6 Å². The Labute approximate surface area is 124 Å². The van der Waals surface area contributed by atoms with E-state index in [2.05, 4.69) is 9.46 Å². The summed E-state index contributed by atoms with van der Waals surface area (Å²) < 4.78 is 30.3. The molecule has 0 aliphatic heterocycles. The largest absolute Gasteiger partial charge is 0.469 e. The van der Waals surface area contributed by atoms with Gasteiger partial charge in [0.25, 0.3) is 0 Å². The number of benzene rings is 1. The Balaban J connectivity index is 2.29. The minimum atomic E-state index is -3.35. The molecule has 0 saturated carbocycles. The first-order chi connectivity index (χ1) is 9.43. The van der Waals surface area contributed by atoms with Crippen molar-refractivity contribution in [1.82, 2.24) is 4.72 Å². The molecular formula is C13H18ClNO4S. The van der Waals surface area contributed by atoms with Crippen LogP contribution in [0.5, 0.6) is 0 Å². The maximum absolute atomic E-state index is 11.7. The Bertz CT molecular complexity index is 528. The van der Waals surface area contributed by atoms with Crippen molar-refractivity contribution in [3.05, 3.63) is 34.9 Å². The van der Waals surface area contributed by atoms with E-state index < -0.39 is 16.0 Å². The first-order valence-electron chi connectivity index (χ1n) is 6.21. The van der Waals surface area contributed by atoms with Crippen molar-refractivity contribution < 1.29 is 17.9 Å². The lowest BCUT2D eigenvalue weighted by Gasteiger charge is -2.06. The second kappa shape index (κ2) is 8.24. The van der Waals surface area contributed by atoms with Gasteiger partial charge < -0.3 is 4.74 Å². The zero-order valence-corrected chi connectivity index (χ0v) is 12.8. The molecule has 0 radical (unpaired) electrons. The molecule has 0 aromatic heterocycles. The highest BCUT2D eigenvalue weighted by molar-refractivity contribution is 7.89. The Morgan fingerprint density at radius 1 is 1.30 bits per heavy atom. The topological polar surface area (TPSA) is 72.5 Å². The zero-order chi connectivity index (χ0) is 15.0. The van der Waals surface area contributed by atoms with E-state index >= 15 is 0 Å². The molecule has 0 unspecified atom stereocenters. The van der Waals surface area contributed by atoms with E-state index in [0.717, 1.165) is 5.56 Å². The van der Waals surface area contributed by atoms with Crippen molar-refractivity contribution in [2.45, 2.75) is 19.3 Å². The smallest absolute Gasteiger partial charge is 0.305 e. The second-order valence-corrected chi connectivity index (χ2v) is 6.63. The third-order valence-corrected chi connectivity index (χ3v) is 4.39. The quantitative estimate of drug-likeness (QED) is 0.741. The summed E-state index contributed by atoms with van der Waals surface area (Å²) in [5, 5.41) is 0.650. The van der Waals surface area contributed by atoms with Crippen LogP contribution in [0.3, 0.4) is 0 Å². The Hall–Kier alpha value is -1.11.